The van der Waals surface area contributed by atoms with Crippen molar-refractivity contribution in [2.45, 2.75) is 58.9 Å². The molecule has 26 heavy (non-hydrogen) atoms. The fourth-order valence-electron chi connectivity index (χ4n) is 3.48. The van der Waals surface area contributed by atoms with E-state index in [9.17, 15) is 14.9 Å². The zero-order valence-corrected chi connectivity index (χ0v) is 16.6. The summed E-state index contributed by atoms with van der Waals surface area (Å²) in [6.07, 6.45) is 5.73. The van der Waals surface area contributed by atoms with Crippen LogP contribution in [0.2, 0.25) is 0 Å². The summed E-state index contributed by atoms with van der Waals surface area (Å²) in [5.74, 6) is 0.382. The summed E-state index contributed by atoms with van der Waals surface area (Å²) in [6.45, 7) is 6.03. The molecule has 0 aromatic carbocycles. The van der Waals surface area contributed by atoms with Crippen LogP contribution in [0, 0.1) is 25.2 Å². The van der Waals surface area contributed by atoms with Gasteiger partial charge in [0.25, 0.3) is 0 Å². The highest BCUT2D eigenvalue weighted by Crippen LogP contribution is 2.36. The van der Waals surface area contributed by atoms with Crippen molar-refractivity contribution < 1.29 is 14.3 Å². The number of nitriles is 1. The van der Waals surface area contributed by atoms with Gasteiger partial charge in [-0.15, -0.1) is 11.8 Å². The van der Waals surface area contributed by atoms with E-state index in [0.717, 1.165) is 24.1 Å². The molecule has 142 valence electrons. The molecular formula is C19H27N3O3S. The van der Waals surface area contributed by atoms with Crippen LogP contribution in [0.5, 0.6) is 0 Å². The number of hydrogen-bond acceptors (Lipinski definition) is 5. The number of anilines is 1. The van der Waals surface area contributed by atoms with E-state index in [0.29, 0.717) is 24.0 Å². The fourth-order valence-corrected chi connectivity index (χ4v) is 4.09. The smallest absolute Gasteiger partial charge is 0.315 e. The molecule has 1 aromatic heterocycles. The van der Waals surface area contributed by atoms with E-state index in [1.54, 1.807) is 6.92 Å². The van der Waals surface area contributed by atoms with Crippen LogP contribution >= 0.6 is 11.8 Å². The van der Waals surface area contributed by atoms with Gasteiger partial charge in [0.15, 0.2) is 0 Å². The SMILES string of the molecule is CCOC(=O)CSCC(=O)Nc1c(C#N)c(C)c(C)n1C1CCCCC1. The number of rotatable bonds is 7. The van der Waals surface area contributed by atoms with Crippen LogP contribution in [0.25, 0.3) is 0 Å². The second kappa shape index (κ2) is 9.67. The highest BCUT2D eigenvalue weighted by molar-refractivity contribution is 8.00. The number of carbonyl (C=O) groups is 2. The first-order valence-electron chi connectivity index (χ1n) is 9.14. The van der Waals surface area contributed by atoms with E-state index in [-0.39, 0.29) is 23.4 Å². The van der Waals surface area contributed by atoms with E-state index < -0.39 is 0 Å². The van der Waals surface area contributed by atoms with Gasteiger partial charge in [0.1, 0.15) is 11.9 Å². The lowest BCUT2D eigenvalue weighted by atomic mass is 9.95. The lowest BCUT2D eigenvalue weighted by Crippen LogP contribution is -2.22. The van der Waals surface area contributed by atoms with E-state index >= 15 is 0 Å². The van der Waals surface area contributed by atoms with Crippen LogP contribution in [-0.4, -0.2) is 34.6 Å². The van der Waals surface area contributed by atoms with Crippen molar-refractivity contribution in [3.63, 3.8) is 0 Å². The molecule has 1 aromatic rings. The molecule has 0 atom stereocenters. The van der Waals surface area contributed by atoms with Gasteiger partial charge in [-0.2, -0.15) is 5.26 Å². The normalized spacial score (nSPS) is 14.7. The molecule has 2 rings (SSSR count). The van der Waals surface area contributed by atoms with Gasteiger partial charge < -0.3 is 14.6 Å². The average molecular weight is 378 g/mol. The summed E-state index contributed by atoms with van der Waals surface area (Å²) in [6, 6.07) is 2.57. The third-order valence-corrected chi connectivity index (χ3v) is 5.73. The van der Waals surface area contributed by atoms with Crippen molar-refractivity contribution in [2.24, 2.45) is 0 Å². The zero-order chi connectivity index (χ0) is 19.1. The number of thioether (sulfide) groups is 1. The summed E-state index contributed by atoms with van der Waals surface area (Å²) in [5.41, 5.74) is 2.51. The predicted octanol–water partition coefficient (Wildman–Crippen LogP) is 3.72. The number of amides is 1. The molecule has 6 nitrogen and oxygen atoms in total. The highest BCUT2D eigenvalue weighted by atomic mass is 32.2. The Morgan fingerprint density at radius 3 is 2.58 bits per heavy atom. The molecule has 1 aliphatic carbocycles. The standard InChI is InChI=1S/C19H27N3O3S/c1-4-25-18(24)12-26-11-17(23)21-19-16(10-20)13(2)14(3)22(19)15-8-6-5-7-9-15/h15H,4-9,11-12H2,1-3H3,(H,21,23). The topological polar surface area (TPSA) is 84.1 Å². The highest BCUT2D eigenvalue weighted by Gasteiger charge is 2.25. The maximum Gasteiger partial charge on any atom is 0.315 e. The van der Waals surface area contributed by atoms with Crippen LogP contribution < -0.4 is 5.32 Å². The Hall–Kier alpha value is -1.94. The van der Waals surface area contributed by atoms with Gasteiger partial charge in [-0.05, 0) is 39.2 Å². The summed E-state index contributed by atoms with van der Waals surface area (Å²) >= 11 is 1.22. The second-order valence-corrected chi connectivity index (χ2v) is 7.54. The number of esters is 1. The lowest BCUT2D eigenvalue weighted by molar-refractivity contribution is -0.139. The number of nitrogens with one attached hydrogen (secondary N) is 1. The number of ether oxygens (including phenoxy) is 1. The van der Waals surface area contributed by atoms with Crippen LogP contribution in [0.3, 0.4) is 0 Å². The molecule has 0 spiro atoms. The van der Waals surface area contributed by atoms with Crippen molar-refractivity contribution in [3.05, 3.63) is 16.8 Å². The molecule has 0 unspecified atom stereocenters. The lowest BCUT2D eigenvalue weighted by Gasteiger charge is -2.27. The second-order valence-electron chi connectivity index (χ2n) is 6.55. The van der Waals surface area contributed by atoms with Gasteiger partial charge >= 0.3 is 5.97 Å². The van der Waals surface area contributed by atoms with Gasteiger partial charge in [0, 0.05) is 11.7 Å². The van der Waals surface area contributed by atoms with Gasteiger partial charge in [0.05, 0.1) is 23.7 Å². The molecule has 1 N–H and O–H groups in total. The first-order chi connectivity index (χ1) is 12.5. The van der Waals surface area contributed by atoms with Gasteiger partial charge in [-0.25, -0.2) is 0 Å². The van der Waals surface area contributed by atoms with Gasteiger partial charge in [-0.1, -0.05) is 19.3 Å². The number of aromatic nitrogens is 1. The molecule has 1 fully saturated rings. The number of carbonyl (C=O) groups excluding carboxylic acids is 2. The largest absolute Gasteiger partial charge is 0.465 e. The van der Waals surface area contributed by atoms with E-state index in [1.807, 2.05) is 13.8 Å². The minimum atomic E-state index is -0.319. The molecule has 7 heteroatoms. The molecule has 1 amide bonds. The summed E-state index contributed by atoms with van der Waals surface area (Å²) in [4.78, 5) is 23.7. The van der Waals surface area contributed by atoms with Crippen LogP contribution in [0.15, 0.2) is 0 Å². The summed E-state index contributed by atoms with van der Waals surface area (Å²) in [5, 5.41) is 12.5. The Bertz CT molecular complexity index is 700. The zero-order valence-electron chi connectivity index (χ0n) is 15.8. The maximum atomic E-state index is 12.4. The molecule has 1 aliphatic rings. The van der Waals surface area contributed by atoms with E-state index in [2.05, 4.69) is 16.0 Å². The number of hydrogen-bond donors (Lipinski definition) is 1. The Balaban J connectivity index is 2.12. The molecule has 1 heterocycles. The van der Waals surface area contributed by atoms with Crippen molar-refractivity contribution in [1.82, 2.24) is 4.57 Å². The van der Waals surface area contributed by atoms with Crippen molar-refractivity contribution in [2.75, 3.05) is 23.4 Å². The molecule has 0 saturated heterocycles. The minimum Gasteiger partial charge on any atom is -0.465 e. The Labute approximate surface area is 159 Å². The van der Waals surface area contributed by atoms with Gasteiger partial charge in [-0.3, -0.25) is 9.59 Å². The van der Waals surface area contributed by atoms with Crippen LogP contribution in [-0.2, 0) is 14.3 Å². The Kier molecular flexibility index (Phi) is 7.58. The molecule has 0 radical (unpaired) electrons. The Morgan fingerprint density at radius 2 is 1.96 bits per heavy atom. The monoisotopic (exact) mass is 377 g/mol. The van der Waals surface area contributed by atoms with Crippen LogP contribution in [0.4, 0.5) is 5.82 Å². The van der Waals surface area contributed by atoms with Crippen LogP contribution in [0.1, 0.15) is 61.9 Å². The van der Waals surface area contributed by atoms with E-state index in [4.69, 9.17) is 4.74 Å². The summed E-state index contributed by atoms with van der Waals surface area (Å²) in [7, 11) is 0. The molecular weight excluding hydrogens is 350 g/mol. The number of nitrogens with zero attached hydrogens (tertiary/aromatic N) is 2. The fraction of sp³-hybridized carbons (Fsp3) is 0.632. The summed E-state index contributed by atoms with van der Waals surface area (Å²) < 4.78 is 7.00. The third kappa shape index (κ3) is 4.82. The van der Waals surface area contributed by atoms with Crippen molar-refractivity contribution in [1.29, 1.82) is 5.26 Å². The Morgan fingerprint density at radius 1 is 1.27 bits per heavy atom. The predicted molar refractivity (Wildman–Crippen MR) is 103 cm³/mol. The van der Waals surface area contributed by atoms with Gasteiger partial charge in [0.2, 0.25) is 5.91 Å². The van der Waals surface area contributed by atoms with E-state index in [1.165, 1.54) is 31.0 Å². The molecule has 0 aliphatic heterocycles. The maximum absolute atomic E-state index is 12.4. The average Bonchev–Trinajstić information content (AvgIpc) is 2.86. The quantitative estimate of drug-likeness (QED) is 0.732. The third-order valence-electron chi connectivity index (χ3n) is 4.82. The van der Waals surface area contributed by atoms with Crippen molar-refractivity contribution >= 4 is 29.5 Å². The minimum absolute atomic E-state index is 0.147. The first-order valence-corrected chi connectivity index (χ1v) is 10.3. The molecule has 0 bridgehead atoms. The molecule has 1 saturated carbocycles. The van der Waals surface area contributed by atoms with Crippen molar-refractivity contribution in [3.8, 4) is 6.07 Å². The first kappa shape index (κ1) is 20.4.